The van der Waals surface area contributed by atoms with E-state index < -0.39 is 0 Å². The Bertz CT molecular complexity index is 865. The molecule has 4 atom stereocenters. The van der Waals surface area contributed by atoms with Gasteiger partial charge in [0, 0.05) is 0 Å². The second-order valence-electron chi connectivity index (χ2n) is 9.40. The molecular formula is C29H41NO2. The lowest BCUT2D eigenvalue weighted by molar-refractivity contribution is 0.163. The SMILES string of the molecule is CC.CC1CC2CC(C)/C(=C(\c3ccc(O)cc3)c3ccc(OCCCN)cc3)C(C1)C2. The number of hydrogen-bond donors (Lipinski definition) is 2. The predicted octanol–water partition coefficient (Wildman–Crippen LogP) is 7.04. The zero-order valence-electron chi connectivity index (χ0n) is 20.3. The normalized spacial score (nSPS) is 26.0. The molecule has 0 aliphatic heterocycles. The molecule has 4 rings (SSSR count). The first-order valence-electron chi connectivity index (χ1n) is 12.5. The first-order valence-corrected chi connectivity index (χ1v) is 12.5. The summed E-state index contributed by atoms with van der Waals surface area (Å²) in [4.78, 5) is 0. The molecule has 0 amide bonds. The molecule has 3 heteroatoms. The highest BCUT2D eigenvalue weighted by atomic mass is 16.5. The van der Waals surface area contributed by atoms with Gasteiger partial charge >= 0.3 is 0 Å². The van der Waals surface area contributed by atoms with Crippen molar-refractivity contribution < 1.29 is 9.84 Å². The smallest absolute Gasteiger partial charge is 0.119 e. The van der Waals surface area contributed by atoms with Gasteiger partial charge in [0.05, 0.1) is 6.61 Å². The molecule has 0 aromatic heterocycles. The topological polar surface area (TPSA) is 55.5 Å². The van der Waals surface area contributed by atoms with Crippen LogP contribution >= 0.6 is 0 Å². The summed E-state index contributed by atoms with van der Waals surface area (Å²) in [7, 11) is 0. The molecule has 0 heterocycles. The number of hydrogen-bond acceptors (Lipinski definition) is 3. The molecule has 32 heavy (non-hydrogen) atoms. The van der Waals surface area contributed by atoms with Crippen molar-refractivity contribution in [2.45, 2.75) is 59.8 Å². The Kier molecular flexibility index (Phi) is 8.81. The minimum atomic E-state index is 0.315. The summed E-state index contributed by atoms with van der Waals surface area (Å²) in [6, 6.07) is 16.3. The maximum Gasteiger partial charge on any atom is 0.119 e. The van der Waals surface area contributed by atoms with Crippen LogP contribution in [0.25, 0.3) is 5.57 Å². The lowest BCUT2D eigenvalue weighted by atomic mass is 9.61. The number of rotatable bonds is 6. The van der Waals surface area contributed by atoms with Crippen molar-refractivity contribution in [3.05, 3.63) is 65.2 Å². The third-order valence-electron chi connectivity index (χ3n) is 6.90. The molecule has 2 fully saturated rings. The van der Waals surface area contributed by atoms with E-state index in [1.165, 1.54) is 42.4 Å². The monoisotopic (exact) mass is 435 g/mol. The molecule has 2 aliphatic carbocycles. The van der Waals surface area contributed by atoms with E-state index in [4.69, 9.17) is 10.5 Å². The van der Waals surface area contributed by atoms with E-state index in [0.29, 0.717) is 30.7 Å². The first-order chi connectivity index (χ1) is 15.5. The Balaban J connectivity index is 0.00000141. The van der Waals surface area contributed by atoms with Crippen molar-refractivity contribution in [2.75, 3.05) is 13.2 Å². The summed E-state index contributed by atoms with van der Waals surface area (Å²) in [6.45, 7) is 10.1. The highest BCUT2D eigenvalue weighted by molar-refractivity contribution is 5.83. The van der Waals surface area contributed by atoms with Crippen LogP contribution in [0.1, 0.15) is 70.9 Å². The minimum Gasteiger partial charge on any atom is -0.508 e. The molecule has 0 spiro atoms. The van der Waals surface area contributed by atoms with Gasteiger partial charge in [0.2, 0.25) is 0 Å². The summed E-state index contributed by atoms with van der Waals surface area (Å²) in [6.07, 6.45) is 6.16. The van der Waals surface area contributed by atoms with E-state index in [1.807, 2.05) is 13.8 Å². The van der Waals surface area contributed by atoms with Crippen LogP contribution in [-0.2, 0) is 0 Å². The molecule has 2 saturated carbocycles. The molecular weight excluding hydrogens is 394 g/mol. The van der Waals surface area contributed by atoms with Crippen molar-refractivity contribution in [1.29, 1.82) is 0 Å². The van der Waals surface area contributed by atoms with Crippen molar-refractivity contribution >= 4 is 5.57 Å². The Labute approximate surface area is 194 Å². The maximum atomic E-state index is 9.85. The lowest BCUT2D eigenvalue weighted by Crippen LogP contribution is -2.32. The Morgan fingerprint density at radius 1 is 0.906 bits per heavy atom. The van der Waals surface area contributed by atoms with Gasteiger partial charge in [-0.2, -0.15) is 0 Å². The molecule has 3 nitrogen and oxygen atoms in total. The third kappa shape index (κ3) is 5.75. The average Bonchev–Trinajstić information content (AvgIpc) is 2.79. The van der Waals surface area contributed by atoms with Gasteiger partial charge in [-0.1, -0.05) is 57.5 Å². The van der Waals surface area contributed by atoms with Gasteiger partial charge in [0.15, 0.2) is 0 Å². The highest BCUT2D eigenvalue weighted by Crippen LogP contribution is 2.51. The average molecular weight is 436 g/mol. The van der Waals surface area contributed by atoms with Crippen molar-refractivity contribution in [2.24, 2.45) is 29.4 Å². The number of nitrogens with two attached hydrogens (primary N) is 1. The number of phenols is 1. The van der Waals surface area contributed by atoms with Gasteiger partial charge in [-0.15, -0.1) is 0 Å². The second kappa shape index (κ2) is 11.6. The fourth-order valence-corrected chi connectivity index (χ4v) is 5.79. The maximum absolute atomic E-state index is 9.85. The van der Waals surface area contributed by atoms with Crippen LogP contribution in [0.4, 0.5) is 0 Å². The summed E-state index contributed by atoms with van der Waals surface area (Å²) < 4.78 is 5.82. The van der Waals surface area contributed by atoms with Crippen LogP contribution in [0.2, 0.25) is 0 Å². The highest BCUT2D eigenvalue weighted by Gasteiger charge is 2.38. The molecule has 2 bridgehead atoms. The van der Waals surface area contributed by atoms with Gasteiger partial charge in [-0.3, -0.25) is 0 Å². The standard InChI is InChI=1S/C27H35NO2.C2H6/c1-18-14-20-16-19(2)26(23(15-18)17-20)27(21-4-8-24(29)9-5-21)22-6-10-25(11-7-22)30-13-3-12-28;1-2/h4-11,18-20,23,29H,3,12-17,28H2,1-2H3;1-2H3/b27-26-;. The van der Waals surface area contributed by atoms with Crippen LogP contribution in [0.3, 0.4) is 0 Å². The summed E-state index contributed by atoms with van der Waals surface area (Å²) in [5, 5.41) is 9.85. The van der Waals surface area contributed by atoms with Crippen LogP contribution in [0, 0.1) is 23.7 Å². The second-order valence-corrected chi connectivity index (χ2v) is 9.40. The molecule has 4 unspecified atom stereocenters. The van der Waals surface area contributed by atoms with Gasteiger partial charge in [-0.05, 0) is 103 Å². The van der Waals surface area contributed by atoms with Gasteiger partial charge in [0.25, 0.3) is 0 Å². The molecule has 3 N–H and O–H groups in total. The van der Waals surface area contributed by atoms with Crippen LogP contribution in [0.5, 0.6) is 11.5 Å². The van der Waals surface area contributed by atoms with E-state index in [1.54, 1.807) is 17.7 Å². The summed E-state index contributed by atoms with van der Waals surface area (Å²) in [5.41, 5.74) is 11.0. The fraction of sp³-hybridized carbons (Fsp3) is 0.517. The largest absolute Gasteiger partial charge is 0.508 e. The molecule has 174 valence electrons. The molecule has 0 radical (unpaired) electrons. The number of benzene rings is 2. The lowest BCUT2D eigenvalue weighted by Gasteiger charge is -2.44. The van der Waals surface area contributed by atoms with Crippen molar-refractivity contribution in [3.63, 3.8) is 0 Å². The zero-order chi connectivity index (χ0) is 23.1. The summed E-state index contributed by atoms with van der Waals surface area (Å²) in [5.74, 6) is 4.13. The Morgan fingerprint density at radius 3 is 2.16 bits per heavy atom. The molecule has 2 aromatic carbocycles. The van der Waals surface area contributed by atoms with Gasteiger partial charge in [0.1, 0.15) is 11.5 Å². The molecule has 2 aliphatic rings. The number of aromatic hydroxyl groups is 1. The zero-order valence-corrected chi connectivity index (χ0v) is 20.3. The van der Waals surface area contributed by atoms with E-state index >= 15 is 0 Å². The summed E-state index contributed by atoms with van der Waals surface area (Å²) >= 11 is 0. The molecule has 2 aromatic rings. The van der Waals surface area contributed by atoms with E-state index in [-0.39, 0.29) is 0 Å². The number of phenolic OH excluding ortho intramolecular Hbond substituents is 1. The van der Waals surface area contributed by atoms with Crippen LogP contribution < -0.4 is 10.5 Å². The first kappa shape index (κ1) is 24.4. The fourth-order valence-electron chi connectivity index (χ4n) is 5.79. The van der Waals surface area contributed by atoms with Gasteiger partial charge in [-0.25, -0.2) is 0 Å². The van der Waals surface area contributed by atoms with Gasteiger partial charge < -0.3 is 15.6 Å². The van der Waals surface area contributed by atoms with E-state index in [9.17, 15) is 5.11 Å². The van der Waals surface area contributed by atoms with E-state index in [2.05, 4.69) is 50.2 Å². The number of fused-ring (bicyclic) bond motifs is 2. The van der Waals surface area contributed by atoms with Crippen molar-refractivity contribution in [1.82, 2.24) is 0 Å². The minimum absolute atomic E-state index is 0.315. The third-order valence-corrected chi connectivity index (χ3v) is 6.90. The van der Waals surface area contributed by atoms with Crippen molar-refractivity contribution in [3.8, 4) is 11.5 Å². The Hall–Kier alpha value is -2.26. The molecule has 0 saturated heterocycles. The predicted molar refractivity (Wildman–Crippen MR) is 135 cm³/mol. The number of allylic oxidation sites excluding steroid dienone is 1. The van der Waals surface area contributed by atoms with Crippen LogP contribution in [-0.4, -0.2) is 18.3 Å². The van der Waals surface area contributed by atoms with Crippen LogP contribution in [0.15, 0.2) is 54.1 Å². The Morgan fingerprint density at radius 2 is 1.53 bits per heavy atom. The quantitative estimate of drug-likeness (QED) is 0.478. The number of ether oxygens (including phenoxy) is 1. The van der Waals surface area contributed by atoms with E-state index in [0.717, 1.165) is 24.0 Å².